The zero-order valence-corrected chi connectivity index (χ0v) is 14.5. The highest BCUT2D eigenvalue weighted by molar-refractivity contribution is 7.99. The lowest BCUT2D eigenvalue weighted by Crippen LogP contribution is -2.31. The monoisotopic (exact) mass is 352 g/mol. The SMILES string of the molecule is CCCn1c(SCC(=O)NCC(=O)OCC)nnc1-c1ccco1. The second-order valence-electron chi connectivity index (χ2n) is 4.81. The molecule has 1 N–H and O–H groups in total. The summed E-state index contributed by atoms with van der Waals surface area (Å²) in [7, 11) is 0. The van der Waals surface area contributed by atoms with Gasteiger partial charge in [-0.2, -0.15) is 0 Å². The van der Waals surface area contributed by atoms with E-state index < -0.39 is 5.97 Å². The van der Waals surface area contributed by atoms with Crippen LogP contribution in [0.2, 0.25) is 0 Å². The molecule has 0 aliphatic rings. The van der Waals surface area contributed by atoms with Gasteiger partial charge in [-0.15, -0.1) is 10.2 Å². The summed E-state index contributed by atoms with van der Waals surface area (Å²) in [5, 5.41) is 11.4. The molecule has 8 nitrogen and oxygen atoms in total. The zero-order valence-electron chi connectivity index (χ0n) is 13.7. The summed E-state index contributed by atoms with van der Waals surface area (Å²) in [6, 6.07) is 3.60. The molecule has 0 spiro atoms. The highest BCUT2D eigenvalue weighted by Crippen LogP contribution is 2.24. The Morgan fingerprint density at radius 3 is 2.88 bits per heavy atom. The molecule has 0 aromatic carbocycles. The highest BCUT2D eigenvalue weighted by atomic mass is 32.2. The third-order valence-electron chi connectivity index (χ3n) is 2.97. The number of thioether (sulfide) groups is 1. The van der Waals surface area contributed by atoms with Gasteiger partial charge in [0, 0.05) is 6.54 Å². The number of furan rings is 1. The molecule has 0 atom stereocenters. The molecule has 0 radical (unpaired) electrons. The molecular weight excluding hydrogens is 332 g/mol. The van der Waals surface area contributed by atoms with Gasteiger partial charge in [0.15, 0.2) is 16.7 Å². The van der Waals surface area contributed by atoms with E-state index in [1.54, 1.807) is 19.3 Å². The lowest BCUT2D eigenvalue weighted by Gasteiger charge is -2.07. The van der Waals surface area contributed by atoms with E-state index in [4.69, 9.17) is 9.15 Å². The maximum absolute atomic E-state index is 11.8. The van der Waals surface area contributed by atoms with Gasteiger partial charge in [-0.3, -0.25) is 14.2 Å². The first kappa shape index (κ1) is 18.1. The van der Waals surface area contributed by atoms with E-state index in [0.717, 1.165) is 13.0 Å². The van der Waals surface area contributed by atoms with E-state index in [2.05, 4.69) is 15.5 Å². The first-order chi connectivity index (χ1) is 11.7. The van der Waals surface area contributed by atoms with Crippen molar-refractivity contribution in [1.29, 1.82) is 0 Å². The summed E-state index contributed by atoms with van der Waals surface area (Å²) in [5.41, 5.74) is 0. The van der Waals surface area contributed by atoms with Crippen molar-refractivity contribution in [3.8, 4) is 11.6 Å². The van der Waals surface area contributed by atoms with Gasteiger partial charge in [-0.1, -0.05) is 18.7 Å². The Labute approximate surface area is 144 Å². The second-order valence-corrected chi connectivity index (χ2v) is 5.75. The molecule has 0 unspecified atom stereocenters. The average molecular weight is 352 g/mol. The van der Waals surface area contributed by atoms with Crippen molar-refractivity contribution in [2.45, 2.75) is 32.0 Å². The average Bonchev–Trinajstić information content (AvgIpc) is 3.21. The number of carbonyl (C=O) groups excluding carboxylic acids is 2. The van der Waals surface area contributed by atoms with Gasteiger partial charge < -0.3 is 14.5 Å². The normalized spacial score (nSPS) is 10.6. The van der Waals surface area contributed by atoms with Crippen LogP contribution in [0.4, 0.5) is 0 Å². The number of carbonyl (C=O) groups is 2. The summed E-state index contributed by atoms with van der Waals surface area (Å²) in [5.74, 6) is 0.689. The third kappa shape index (κ3) is 4.85. The summed E-state index contributed by atoms with van der Waals surface area (Å²) in [4.78, 5) is 23.0. The van der Waals surface area contributed by atoms with E-state index in [1.165, 1.54) is 11.8 Å². The summed E-state index contributed by atoms with van der Waals surface area (Å²) < 4.78 is 12.0. The lowest BCUT2D eigenvalue weighted by atomic mass is 10.4. The largest absolute Gasteiger partial charge is 0.465 e. The minimum atomic E-state index is -0.454. The van der Waals surface area contributed by atoms with Crippen LogP contribution in [-0.4, -0.2) is 45.5 Å². The van der Waals surface area contributed by atoms with Crippen LogP contribution in [0.15, 0.2) is 28.0 Å². The summed E-state index contributed by atoms with van der Waals surface area (Å²) in [6.45, 7) is 4.64. The number of aromatic nitrogens is 3. The van der Waals surface area contributed by atoms with Crippen LogP contribution in [0, 0.1) is 0 Å². The standard InChI is InChI=1S/C15H20N4O4S/c1-3-7-19-14(11-6-5-8-23-11)17-18-15(19)24-10-12(20)16-9-13(21)22-4-2/h5-6,8H,3-4,7,9-10H2,1-2H3,(H,16,20). The van der Waals surface area contributed by atoms with Gasteiger partial charge in [0.25, 0.3) is 0 Å². The Kier molecular flexibility index (Phi) is 6.86. The fourth-order valence-electron chi connectivity index (χ4n) is 1.97. The molecule has 2 rings (SSSR count). The number of hydrogen-bond donors (Lipinski definition) is 1. The molecule has 0 bridgehead atoms. The zero-order chi connectivity index (χ0) is 17.4. The molecular formula is C15H20N4O4S. The quantitative estimate of drug-likeness (QED) is 0.542. The van der Waals surface area contributed by atoms with Crippen LogP contribution in [0.5, 0.6) is 0 Å². The Morgan fingerprint density at radius 2 is 2.21 bits per heavy atom. The molecule has 2 aromatic rings. The van der Waals surface area contributed by atoms with Crippen molar-refractivity contribution >= 4 is 23.6 Å². The lowest BCUT2D eigenvalue weighted by molar-refractivity contribution is -0.143. The van der Waals surface area contributed by atoms with E-state index >= 15 is 0 Å². The Balaban J connectivity index is 1.95. The van der Waals surface area contributed by atoms with Crippen LogP contribution < -0.4 is 5.32 Å². The van der Waals surface area contributed by atoms with Crippen LogP contribution >= 0.6 is 11.8 Å². The number of esters is 1. The number of rotatable bonds is 9. The Morgan fingerprint density at radius 1 is 1.38 bits per heavy atom. The van der Waals surface area contributed by atoms with Crippen molar-refractivity contribution in [3.63, 3.8) is 0 Å². The van der Waals surface area contributed by atoms with Crippen molar-refractivity contribution in [1.82, 2.24) is 20.1 Å². The molecule has 2 aromatic heterocycles. The van der Waals surface area contributed by atoms with E-state index in [1.807, 2.05) is 17.6 Å². The minimum Gasteiger partial charge on any atom is -0.465 e. The first-order valence-corrected chi connectivity index (χ1v) is 8.66. The van der Waals surface area contributed by atoms with Gasteiger partial charge >= 0.3 is 5.97 Å². The van der Waals surface area contributed by atoms with Crippen LogP contribution in [0.25, 0.3) is 11.6 Å². The van der Waals surface area contributed by atoms with Gasteiger partial charge in [0.2, 0.25) is 5.91 Å². The number of nitrogens with zero attached hydrogens (tertiary/aromatic N) is 3. The van der Waals surface area contributed by atoms with Crippen molar-refractivity contribution < 1.29 is 18.7 Å². The Hall–Kier alpha value is -2.29. The third-order valence-corrected chi connectivity index (χ3v) is 3.94. The molecule has 2 heterocycles. The molecule has 0 aliphatic carbocycles. The van der Waals surface area contributed by atoms with E-state index in [0.29, 0.717) is 23.3 Å². The highest BCUT2D eigenvalue weighted by Gasteiger charge is 2.17. The molecule has 0 fully saturated rings. The molecule has 24 heavy (non-hydrogen) atoms. The fourth-order valence-corrected chi connectivity index (χ4v) is 2.77. The molecule has 0 aliphatic heterocycles. The molecule has 1 amide bonds. The minimum absolute atomic E-state index is 0.132. The van der Waals surface area contributed by atoms with Gasteiger partial charge in [0.1, 0.15) is 6.54 Å². The predicted molar refractivity (Wildman–Crippen MR) is 88.4 cm³/mol. The first-order valence-electron chi connectivity index (χ1n) is 7.67. The molecule has 0 saturated carbocycles. The smallest absolute Gasteiger partial charge is 0.325 e. The fraction of sp³-hybridized carbons (Fsp3) is 0.467. The van der Waals surface area contributed by atoms with Crippen LogP contribution in [0.1, 0.15) is 20.3 Å². The van der Waals surface area contributed by atoms with Crippen LogP contribution in [0.3, 0.4) is 0 Å². The number of hydrogen-bond acceptors (Lipinski definition) is 7. The molecule has 0 saturated heterocycles. The summed E-state index contributed by atoms with van der Waals surface area (Å²) >= 11 is 1.26. The van der Waals surface area contributed by atoms with Crippen molar-refractivity contribution in [3.05, 3.63) is 18.4 Å². The number of nitrogens with one attached hydrogen (secondary N) is 1. The van der Waals surface area contributed by atoms with Crippen molar-refractivity contribution in [2.24, 2.45) is 0 Å². The maximum Gasteiger partial charge on any atom is 0.325 e. The van der Waals surface area contributed by atoms with Gasteiger partial charge in [-0.25, -0.2) is 0 Å². The maximum atomic E-state index is 11.8. The van der Waals surface area contributed by atoms with Crippen LogP contribution in [-0.2, 0) is 20.9 Å². The molecule has 130 valence electrons. The van der Waals surface area contributed by atoms with E-state index in [9.17, 15) is 9.59 Å². The number of amides is 1. The van der Waals surface area contributed by atoms with E-state index in [-0.39, 0.29) is 18.2 Å². The molecule has 9 heteroatoms. The van der Waals surface area contributed by atoms with Gasteiger partial charge in [-0.05, 0) is 25.5 Å². The van der Waals surface area contributed by atoms with Crippen molar-refractivity contribution in [2.75, 3.05) is 18.9 Å². The Bertz CT molecular complexity index is 669. The topological polar surface area (TPSA) is 99.2 Å². The predicted octanol–water partition coefficient (Wildman–Crippen LogP) is 1.72. The van der Waals surface area contributed by atoms with Gasteiger partial charge in [0.05, 0.1) is 18.6 Å². The number of ether oxygens (including phenoxy) is 1. The summed E-state index contributed by atoms with van der Waals surface area (Å²) in [6.07, 6.45) is 2.48. The second kappa shape index (κ2) is 9.11.